The minimum absolute atomic E-state index is 0.163. The summed E-state index contributed by atoms with van der Waals surface area (Å²) >= 11 is 0. The molecule has 1 heterocycles. The predicted octanol–water partition coefficient (Wildman–Crippen LogP) is 4.70. The molecule has 118 valence electrons. The number of benzene rings is 1. The van der Waals surface area contributed by atoms with Crippen molar-refractivity contribution in [3.8, 4) is 0 Å². The lowest BCUT2D eigenvalue weighted by molar-refractivity contribution is 0.539. The molecule has 1 aromatic carbocycles. The minimum atomic E-state index is -0.316. The molecule has 2 aromatic rings. The van der Waals surface area contributed by atoms with Crippen molar-refractivity contribution in [3.05, 3.63) is 46.8 Å². The highest BCUT2D eigenvalue weighted by atomic mass is 16.4. The molecule has 2 rings (SSSR count). The van der Waals surface area contributed by atoms with Gasteiger partial charge in [0.1, 0.15) is 5.58 Å². The first-order valence-electron chi connectivity index (χ1n) is 7.80. The summed E-state index contributed by atoms with van der Waals surface area (Å²) < 4.78 is 5.55. The van der Waals surface area contributed by atoms with Gasteiger partial charge >= 0.3 is 5.63 Å². The third-order valence-electron chi connectivity index (χ3n) is 4.08. The second kappa shape index (κ2) is 5.99. The van der Waals surface area contributed by atoms with Crippen molar-refractivity contribution in [2.75, 3.05) is 18.0 Å². The molecule has 3 nitrogen and oxygen atoms in total. The summed E-state index contributed by atoms with van der Waals surface area (Å²) in [6.07, 6.45) is 0. The van der Waals surface area contributed by atoms with E-state index in [1.165, 1.54) is 0 Å². The monoisotopic (exact) mass is 299 g/mol. The topological polar surface area (TPSA) is 33.5 Å². The number of hydrogen-bond donors (Lipinski definition) is 0. The lowest BCUT2D eigenvalue weighted by atomic mass is 9.83. The van der Waals surface area contributed by atoms with E-state index in [0.717, 1.165) is 29.7 Å². The lowest BCUT2D eigenvalue weighted by Gasteiger charge is -2.22. The average molecular weight is 299 g/mol. The first-order chi connectivity index (χ1) is 10.3. The molecule has 0 N–H and O–H groups in total. The normalized spacial score (nSPS) is 11.7. The zero-order valence-corrected chi connectivity index (χ0v) is 14.2. The van der Waals surface area contributed by atoms with Gasteiger partial charge in [-0.05, 0) is 43.0 Å². The minimum Gasteiger partial charge on any atom is -0.422 e. The Morgan fingerprint density at radius 2 is 1.82 bits per heavy atom. The fourth-order valence-corrected chi connectivity index (χ4v) is 2.50. The van der Waals surface area contributed by atoms with E-state index < -0.39 is 0 Å². The van der Waals surface area contributed by atoms with Crippen LogP contribution in [0.4, 0.5) is 5.69 Å². The molecule has 0 amide bonds. The van der Waals surface area contributed by atoms with Crippen LogP contribution in [0.3, 0.4) is 0 Å². The molecule has 1 aromatic heterocycles. The Bertz CT molecular complexity index is 746. The Morgan fingerprint density at radius 1 is 1.18 bits per heavy atom. The summed E-state index contributed by atoms with van der Waals surface area (Å²) in [5.41, 5.74) is 2.59. The number of fused-ring (bicyclic) bond motifs is 1. The van der Waals surface area contributed by atoms with Gasteiger partial charge < -0.3 is 9.32 Å². The second-order valence-corrected chi connectivity index (χ2v) is 6.57. The SMILES string of the molecule is C=C(c1cc2ccc(N(CC)CC)cc2oc1=O)C(C)(C)C. The van der Waals surface area contributed by atoms with Crippen molar-refractivity contribution in [2.24, 2.45) is 5.41 Å². The Hall–Kier alpha value is -2.03. The first kappa shape index (κ1) is 16.3. The van der Waals surface area contributed by atoms with Gasteiger partial charge in [-0.25, -0.2) is 4.79 Å². The summed E-state index contributed by atoms with van der Waals surface area (Å²) in [7, 11) is 0. The summed E-state index contributed by atoms with van der Waals surface area (Å²) in [5.74, 6) is 0. The smallest absolute Gasteiger partial charge is 0.343 e. The summed E-state index contributed by atoms with van der Waals surface area (Å²) in [5, 5.41) is 0.927. The van der Waals surface area contributed by atoms with Crippen LogP contribution in [-0.4, -0.2) is 13.1 Å². The Morgan fingerprint density at radius 3 is 2.36 bits per heavy atom. The number of nitrogens with zero attached hydrogens (tertiary/aromatic N) is 1. The van der Waals surface area contributed by atoms with Crippen molar-refractivity contribution in [1.29, 1.82) is 0 Å². The largest absolute Gasteiger partial charge is 0.422 e. The molecular formula is C19H25NO2. The van der Waals surface area contributed by atoms with E-state index in [0.29, 0.717) is 11.1 Å². The highest BCUT2D eigenvalue weighted by Crippen LogP contribution is 2.32. The van der Waals surface area contributed by atoms with Crippen molar-refractivity contribution >= 4 is 22.2 Å². The van der Waals surface area contributed by atoms with Gasteiger partial charge in [0, 0.05) is 30.2 Å². The summed E-state index contributed by atoms with van der Waals surface area (Å²) in [4.78, 5) is 14.5. The van der Waals surface area contributed by atoms with Crippen LogP contribution in [0, 0.1) is 5.41 Å². The molecule has 0 unspecified atom stereocenters. The Labute approximate surface area is 132 Å². The van der Waals surface area contributed by atoms with Gasteiger partial charge in [-0.2, -0.15) is 0 Å². The maximum Gasteiger partial charge on any atom is 0.343 e. The Balaban J connectivity index is 2.56. The molecular weight excluding hydrogens is 274 g/mol. The van der Waals surface area contributed by atoms with Crippen LogP contribution < -0.4 is 10.5 Å². The second-order valence-electron chi connectivity index (χ2n) is 6.57. The molecule has 0 saturated heterocycles. The van der Waals surface area contributed by atoms with Gasteiger partial charge in [0.2, 0.25) is 0 Å². The standard InChI is InChI=1S/C19H25NO2/c1-7-20(8-2)15-10-9-14-11-16(13(3)19(4,5)6)18(21)22-17(14)12-15/h9-12H,3,7-8H2,1-2,4-6H3. The number of allylic oxidation sites excluding steroid dienone is 1. The van der Waals surface area contributed by atoms with Crippen molar-refractivity contribution in [1.82, 2.24) is 0 Å². The zero-order valence-electron chi connectivity index (χ0n) is 14.2. The zero-order chi connectivity index (χ0) is 16.5. The summed E-state index contributed by atoms with van der Waals surface area (Å²) in [6.45, 7) is 16.3. The average Bonchev–Trinajstić information content (AvgIpc) is 2.46. The van der Waals surface area contributed by atoms with Crippen molar-refractivity contribution in [2.45, 2.75) is 34.6 Å². The fraction of sp³-hybridized carbons (Fsp3) is 0.421. The van der Waals surface area contributed by atoms with Crippen LogP contribution in [0.5, 0.6) is 0 Å². The van der Waals surface area contributed by atoms with E-state index >= 15 is 0 Å². The predicted molar refractivity (Wildman–Crippen MR) is 94.5 cm³/mol. The molecule has 3 heteroatoms. The van der Waals surface area contributed by atoms with Crippen LogP contribution in [0.15, 0.2) is 40.1 Å². The number of anilines is 1. The molecule has 0 atom stereocenters. The highest BCUT2D eigenvalue weighted by molar-refractivity contribution is 5.84. The van der Waals surface area contributed by atoms with E-state index in [1.807, 2.05) is 39.0 Å². The van der Waals surface area contributed by atoms with E-state index in [1.54, 1.807) is 0 Å². The molecule has 0 aliphatic rings. The van der Waals surface area contributed by atoms with Crippen molar-refractivity contribution in [3.63, 3.8) is 0 Å². The van der Waals surface area contributed by atoms with Gasteiger partial charge in [0.05, 0.1) is 5.56 Å². The van der Waals surface area contributed by atoms with E-state index in [4.69, 9.17) is 4.42 Å². The fourth-order valence-electron chi connectivity index (χ4n) is 2.50. The molecule has 22 heavy (non-hydrogen) atoms. The van der Waals surface area contributed by atoms with E-state index in [-0.39, 0.29) is 11.0 Å². The van der Waals surface area contributed by atoms with Crippen LogP contribution in [-0.2, 0) is 0 Å². The van der Waals surface area contributed by atoms with Crippen LogP contribution >= 0.6 is 0 Å². The Kier molecular flexibility index (Phi) is 4.45. The highest BCUT2D eigenvalue weighted by Gasteiger charge is 2.20. The molecule has 0 aliphatic heterocycles. The number of rotatable bonds is 4. The third-order valence-corrected chi connectivity index (χ3v) is 4.08. The molecule has 0 bridgehead atoms. The molecule has 0 spiro atoms. The molecule has 0 radical (unpaired) electrons. The molecule has 0 saturated carbocycles. The molecule has 0 aliphatic carbocycles. The van der Waals surface area contributed by atoms with Crippen molar-refractivity contribution < 1.29 is 4.42 Å². The molecule has 0 fully saturated rings. The third kappa shape index (κ3) is 3.08. The van der Waals surface area contributed by atoms with Gasteiger partial charge in [0.25, 0.3) is 0 Å². The van der Waals surface area contributed by atoms with E-state index in [9.17, 15) is 4.79 Å². The van der Waals surface area contributed by atoms with Crippen LogP contribution in [0.2, 0.25) is 0 Å². The quantitative estimate of drug-likeness (QED) is 0.767. The maximum atomic E-state index is 12.3. The van der Waals surface area contributed by atoms with Gasteiger partial charge in [0.15, 0.2) is 0 Å². The maximum absolute atomic E-state index is 12.3. The lowest BCUT2D eigenvalue weighted by Crippen LogP contribution is -2.21. The van der Waals surface area contributed by atoms with Crippen LogP contribution in [0.25, 0.3) is 16.5 Å². The van der Waals surface area contributed by atoms with Gasteiger partial charge in [-0.3, -0.25) is 0 Å². The van der Waals surface area contributed by atoms with Gasteiger partial charge in [-0.1, -0.05) is 27.4 Å². The van der Waals surface area contributed by atoms with E-state index in [2.05, 4.69) is 31.4 Å². The first-order valence-corrected chi connectivity index (χ1v) is 7.80. The number of hydrogen-bond acceptors (Lipinski definition) is 3. The summed E-state index contributed by atoms with van der Waals surface area (Å²) in [6, 6.07) is 7.90. The van der Waals surface area contributed by atoms with Gasteiger partial charge in [-0.15, -0.1) is 0 Å². The van der Waals surface area contributed by atoms with Crippen LogP contribution in [0.1, 0.15) is 40.2 Å².